The smallest absolute Gasteiger partial charge is 0.310 e. The van der Waals surface area contributed by atoms with Gasteiger partial charge in [0.2, 0.25) is 0 Å². The van der Waals surface area contributed by atoms with E-state index in [9.17, 15) is 74.6 Å². The van der Waals surface area contributed by atoms with E-state index in [1.54, 1.807) is 0 Å². The molecule has 0 atom stereocenters. The Morgan fingerprint density at radius 2 is 0.643 bits per heavy atom. The molecule has 298 valence electrons. The van der Waals surface area contributed by atoms with Gasteiger partial charge >= 0.3 is 30.9 Å². The fourth-order valence-corrected chi connectivity index (χ4v) is 5.40. The Balaban J connectivity index is 1.91. The van der Waals surface area contributed by atoms with Crippen molar-refractivity contribution in [2.75, 3.05) is 9.80 Å². The predicted octanol–water partition coefficient (Wildman–Crippen LogP) is 14.3. The molecule has 0 spiro atoms. The van der Waals surface area contributed by atoms with E-state index in [0.717, 1.165) is 36.4 Å². The number of hydrogen-bond acceptors (Lipinski definition) is 2. The lowest BCUT2D eigenvalue weighted by Crippen LogP contribution is -2.21. The lowest BCUT2D eigenvalue weighted by Gasteiger charge is -2.31. The number of alkyl halides is 15. The summed E-state index contributed by atoms with van der Waals surface area (Å²) < 4.78 is 268. The van der Waals surface area contributed by atoms with Gasteiger partial charge in [0.1, 0.15) is 11.3 Å². The summed E-state index contributed by atoms with van der Waals surface area (Å²) in [6, 6.07) is 6.93. The van der Waals surface area contributed by atoms with Crippen LogP contribution in [0.3, 0.4) is 0 Å². The molecule has 5 aromatic carbocycles. The zero-order valence-corrected chi connectivity index (χ0v) is 26.7. The standard InChI is InChI=1S/C35H15F19N2/c36-26-25(35(52,53)54)27(37)29(39)30(28(26)38)56(20-5-2-1-3-6-20)22-8-4-7-21(15-22)55(23-11-16(31(40,41)42)9-17(12-23)32(43,44)45)24-13-18(33(46,47)48)10-19(14-24)34(49,50)51/h1-15H. The number of halogens is 19. The summed E-state index contributed by atoms with van der Waals surface area (Å²) >= 11 is 0. The molecular weight excluding hydrogens is 809 g/mol. The van der Waals surface area contributed by atoms with E-state index in [-0.39, 0.29) is 34.1 Å². The Bertz CT molecular complexity index is 2080. The molecule has 0 aliphatic carbocycles. The largest absolute Gasteiger partial charge is 0.422 e. The van der Waals surface area contributed by atoms with Gasteiger partial charge in [0.25, 0.3) is 0 Å². The molecule has 0 bridgehead atoms. The van der Waals surface area contributed by atoms with Gasteiger partial charge in [-0.05, 0) is 66.7 Å². The van der Waals surface area contributed by atoms with Crippen LogP contribution in [0.25, 0.3) is 0 Å². The summed E-state index contributed by atoms with van der Waals surface area (Å²) in [4.78, 5) is 0.224. The van der Waals surface area contributed by atoms with Gasteiger partial charge in [-0.3, -0.25) is 0 Å². The van der Waals surface area contributed by atoms with E-state index in [2.05, 4.69) is 0 Å². The SMILES string of the molecule is Fc1c(F)c(C(F)(F)F)c(F)c(F)c1N(c1ccccc1)c1cccc(N(c2cc(C(F)(F)F)cc(C(F)(F)F)c2)c2cc(C(F)(F)F)cc(C(F)(F)F)c2)c1. The van der Waals surface area contributed by atoms with Crippen LogP contribution in [0.5, 0.6) is 0 Å². The summed E-state index contributed by atoms with van der Waals surface area (Å²) in [6.45, 7) is 0. The molecule has 0 aliphatic heterocycles. The van der Waals surface area contributed by atoms with Crippen molar-refractivity contribution in [1.29, 1.82) is 0 Å². The quantitative estimate of drug-likeness (QED) is 0.124. The molecule has 21 heteroatoms. The Morgan fingerprint density at radius 1 is 0.304 bits per heavy atom. The van der Waals surface area contributed by atoms with Crippen molar-refractivity contribution in [1.82, 2.24) is 0 Å². The molecule has 0 aromatic heterocycles. The fourth-order valence-electron chi connectivity index (χ4n) is 5.40. The molecule has 0 unspecified atom stereocenters. The maximum absolute atomic E-state index is 15.5. The third-order valence-corrected chi connectivity index (χ3v) is 7.77. The molecule has 56 heavy (non-hydrogen) atoms. The second kappa shape index (κ2) is 14.1. The van der Waals surface area contributed by atoms with Crippen LogP contribution >= 0.6 is 0 Å². The van der Waals surface area contributed by atoms with Gasteiger partial charge in [-0.1, -0.05) is 24.3 Å². The maximum atomic E-state index is 15.5. The highest BCUT2D eigenvalue weighted by atomic mass is 19.4. The van der Waals surface area contributed by atoms with Gasteiger partial charge in [-0.25, -0.2) is 17.6 Å². The molecule has 0 saturated carbocycles. The first-order valence-electron chi connectivity index (χ1n) is 14.9. The van der Waals surface area contributed by atoms with Gasteiger partial charge in [-0.15, -0.1) is 0 Å². The Morgan fingerprint density at radius 3 is 0.982 bits per heavy atom. The summed E-state index contributed by atoms with van der Waals surface area (Å²) in [5, 5.41) is 0. The highest BCUT2D eigenvalue weighted by Crippen LogP contribution is 2.48. The monoisotopic (exact) mass is 824 g/mol. The van der Waals surface area contributed by atoms with E-state index < -0.39 is 128 Å². The lowest BCUT2D eigenvalue weighted by molar-refractivity contribution is -0.144. The van der Waals surface area contributed by atoms with Crippen LogP contribution in [-0.4, -0.2) is 0 Å². The number of benzene rings is 5. The second-order valence-corrected chi connectivity index (χ2v) is 11.5. The van der Waals surface area contributed by atoms with Crippen molar-refractivity contribution >= 4 is 34.1 Å². The molecule has 5 aromatic rings. The first kappa shape index (κ1) is 41.5. The third-order valence-electron chi connectivity index (χ3n) is 7.77. The lowest BCUT2D eigenvalue weighted by atomic mass is 10.0. The van der Waals surface area contributed by atoms with Gasteiger partial charge in [0, 0.05) is 28.4 Å². The third kappa shape index (κ3) is 8.30. The van der Waals surface area contributed by atoms with E-state index in [1.807, 2.05) is 0 Å². The van der Waals surface area contributed by atoms with Crippen molar-refractivity contribution < 1.29 is 83.4 Å². The molecular formula is C35H15F19N2. The van der Waals surface area contributed by atoms with Gasteiger partial charge in [-0.2, -0.15) is 65.9 Å². The average molecular weight is 824 g/mol. The average Bonchev–Trinajstić information content (AvgIpc) is 3.07. The molecule has 2 nitrogen and oxygen atoms in total. The molecule has 0 fully saturated rings. The minimum Gasteiger partial charge on any atom is -0.310 e. The minimum absolute atomic E-state index is 0.0439. The van der Waals surface area contributed by atoms with Crippen LogP contribution < -0.4 is 9.80 Å². The molecule has 0 heterocycles. The Kier molecular flexibility index (Phi) is 10.5. The molecule has 0 aliphatic rings. The highest BCUT2D eigenvalue weighted by molar-refractivity contribution is 5.84. The van der Waals surface area contributed by atoms with Crippen LogP contribution in [0.1, 0.15) is 27.8 Å². The number of para-hydroxylation sites is 1. The van der Waals surface area contributed by atoms with Gasteiger partial charge in [0.05, 0.1) is 22.3 Å². The topological polar surface area (TPSA) is 6.48 Å². The zero-order valence-electron chi connectivity index (χ0n) is 26.7. The molecule has 5 rings (SSSR count). The van der Waals surface area contributed by atoms with Crippen molar-refractivity contribution in [2.45, 2.75) is 30.9 Å². The molecule has 0 radical (unpaired) electrons. The van der Waals surface area contributed by atoms with Crippen LogP contribution in [-0.2, 0) is 30.9 Å². The van der Waals surface area contributed by atoms with Crippen LogP contribution in [0.15, 0.2) is 91.0 Å². The summed E-state index contributed by atoms with van der Waals surface area (Å²) in [5.74, 6) is -11.3. The first-order valence-corrected chi connectivity index (χ1v) is 14.9. The number of nitrogens with zero attached hydrogens (tertiary/aromatic N) is 2. The summed E-state index contributed by atoms with van der Waals surface area (Å²) in [5.41, 5.74) is -18.4. The first-order chi connectivity index (χ1) is 25.6. The van der Waals surface area contributed by atoms with Crippen molar-refractivity contribution in [3.63, 3.8) is 0 Å². The Hall–Kier alpha value is -5.63. The van der Waals surface area contributed by atoms with Crippen molar-refractivity contribution in [3.05, 3.63) is 142 Å². The van der Waals surface area contributed by atoms with Gasteiger partial charge < -0.3 is 9.80 Å². The van der Waals surface area contributed by atoms with E-state index in [1.165, 1.54) is 6.07 Å². The molecule has 0 saturated heterocycles. The summed E-state index contributed by atoms with van der Waals surface area (Å²) in [7, 11) is 0. The number of rotatable bonds is 6. The zero-order chi connectivity index (χ0) is 41.9. The fraction of sp³-hybridized carbons (Fsp3) is 0.143. The van der Waals surface area contributed by atoms with E-state index in [0.29, 0.717) is 12.1 Å². The number of anilines is 6. The Labute approximate surface area is 300 Å². The maximum Gasteiger partial charge on any atom is 0.422 e. The predicted molar refractivity (Wildman–Crippen MR) is 161 cm³/mol. The van der Waals surface area contributed by atoms with Gasteiger partial charge in [0.15, 0.2) is 23.3 Å². The second-order valence-electron chi connectivity index (χ2n) is 11.5. The highest BCUT2D eigenvalue weighted by Gasteiger charge is 2.44. The van der Waals surface area contributed by atoms with Crippen LogP contribution in [0, 0.1) is 23.3 Å². The van der Waals surface area contributed by atoms with E-state index >= 15 is 8.78 Å². The van der Waals surface area contributed by atoms with Crippen molar-refractivity contribution in [2.24, 2.45) is 0 Å². The van der Waals surface area contributed by atoms with Crippen LogP contribution in [0.2, 0.25) is 0 Å². The number of hydrogen-bond donors (Lipinski definition) is 0. The molecule has 0 N–H and O–H groups in total. The summed E-state index contributed by atoms with van der Waals surface area (Å²) in [6.07, 6.45) is -28.5. The van der Waals surface area contributed by atoms with E-state index in [4.69, 9.17) is 0 Å². The molecule has 0 amide bonds. The van der Waals surface area contributed by atoms with Crippen LogP contribution in [0.4, 0.5) is 118 Å². The van der Waals surface area contributed by atoms with Crippen molar-refractivity contribution in [3.8, 4) is 0 Å². The minimum atomic E-state index is -6.01. The normalized spacial score (nSPS) is 12.9.